The monoisotopic (exact) mass is 512 g/mol. The molecule has 0 saturated carbocycles. The number of anilines is 1. The zero-order chi connectivity index (χ0) is 22.7. The molecule has 0 bridgehead atoms. The number of hydrazine groups is 1. The van der Waals surface area contributed by atoms with Crippen LogP contribution in [0.15, 0.2) is 76.8 Å². The summed E-state index contributed by atoms with van der Waals surface area (Å²) in [4.78, 5) is 25.6. The van der Waals surface area contributed by atoms with Crippen molar-refractivity contribution >= 4 is 51.1 Å². The van der Waals surface area contributed by atoms with Gasteiger partial charge in [0.15, 0.2) is 11.5 Å². The van der Waals surface area contributed by atoms with Gasteiger partial charge in [-0.25, -0.2) is 5.01 Å². The smallest absolute Gasteiger partial charge is 0.282 e. The lowest BCUT2D eigenvalue weighted by Gasteiger charge is -2.15. The number of ether oxygens (including phenoxy) is 2. The van der Waals surface area contributed by atoms with Gasteiger partial charge >= 0.3 is 0 Å². The minimum absolute atomic E-state index is 0.0170. The first-order valence-electron chi connectivity index (χ1n) is 9.64. The van der Waals surface area contributed by atoms with Gasteiger partial charge in [0.1, 0.15) is 12.2 Å². The number of rotatable bonds is 6. The largest absolute Gasteiger partial charge is 0.493 e. The molecule has 4 rings (SSSR count). The van der Waals surface area contributed by atoms with Gasteiger partial charge in [0.25, 0.3) is 11.8 Å². The normalized spacial score (nSPS) is 14.6. The van der Waals surface area contributed by atoms with Crippen molar-refractivity contribution in [3.8, 4) is 11.5 Å². The summed E-state index contributed by atoms with van der Waals surface area (Å²) < 4.78 is 12.2. The lowest BCUT2D eigenvalue weighted by Crippen LogP contribution is -2.35. The number of benzene rings is 3. The van der Waals surface area contributed by atoms with Gasteiger partial charge in [0.05, 0.1) is 12.8 Å². The average molecular weight is 514 g/mol. The predicted octanol–water partition coefficient (Wildman–Crippen LogP) is 5.15. The summed E-state index contributed by atoms with van der Waals surface area (Å²) >= 11 is 9.69. The Bertz CT molecular complexity index is 1210. The van der Waals surface area contributed by atoms with Crippen LogP contribution in [0.4, 0.5) is 5.69 Å². The van der Waals surface area contributed by atoms with Crippen molar-refractivity contribution < 1.29 is 19.1 Å². The summed E-state index contributed by atoms with van der Waals surface area (Å²) in [5.41, 5.74) is 4.45. The molecule has 1 N–H and O–H groups in total. The second kappa shape index (κ2) is 9.46. The van der Waals surface area contributed by atoms with Crippen LogP contribution in [-0.2, 0) is 16.2 Å². The number of carbonyl (C=O) groups is 2. The molecule has 0 aliphatic carbocycles. The van der Waals surface area contributed by atoms with Crippen LogP contribution < -0.4 is 19.9 Å². The van der Waals surface area contributed by atoms with Crippen molar-refractivity contribution in [3.63, 3.8) is 0 Å². The minimum atomic E-state index is -0.505. The zero-order valence-electron chi connectivity index (χ0n) is 17.0. The number of nitrogens with zero attached hydrogens (tertiary/aromatic N) is 1. The van der Waals surface area contributed by atoms with E-state index in [9.17, 15) is 9.59 Å². The Labute approximate surface area is 198 Å². The number of nitrogens with one attached hydrogen (secondary N) is 1. The fourth-order valence-electron chi connectivity index (χ4n) is 3.24. The molecule has 6 nitrogen and oxygen atoms in total. The molecule has 0 spiro atoms. The van der Waals surface area contributed by atoms with Crippen LogP contribution >= 0.6 is 27.5 Å². The first-order chi connectivity index (χ1) is 15.5. The maximum Gasteiger partial charge on any atom is 0.282 e. The average Bonchev–Trinajstić information content (AvgIpc) is 3.08. The highest BCUT2D eigenvalue weighted by Gasteiger charge is 2.34. The van der Waals surface area contributed by atoms with E-state index in [0.29, 0.717) is 32.2 Å². The van der Waals surface area contributed by atoms with Crippen LogP contribution in [0.25, 0.3) is 6.08 Å². The summed E-state index contributed by atoms with van der Waals surface area (Å²) in [6, 6.07) is 19.7. The summed E-state index contributed by atoms with van der Waals surface area (Å²) in [5.74, 6) is -0.127. The number of carbonyl (C=O) groups excluding carboxylic acids is 2. The maximum atomic E-state index is 13.0. The van der Waals surface area contributed by atoms with Gasteiger partial charge in [-0.15, -0.1) is 0 Å². The fourth-order valence-corrected chi connectivity index (χ4v) is 3.88. The van der Waals surface area contributed by atoms with E-state index in [1.54, 1.807) is 42.5 Å². The van der Waals surface area contributed by atoms with Crippen molar-refractivity contribution in [2.75, 3.05) is 12.1 Å². The van der Waals surface area contributed by atoms with Gasteiger partial charge in [0, 0.05) is 20.6 Å². The van der Waals surface area contributed by atoms with Crippen LogP contribution in [0.1, 0.15) is 11.1 Å². The number of halogens is 2. The Kier molecular flexibility index (Phi) is 6.48. The van der Waals surface area contributed by atoms with Gasteiger partial charge in [-0.05, 0) is 36.4 Å². The summed E-state index contributed by atoms with van der Waals surface area (Å²) in [7, 11) is 1.52. The van der Waals surface area contributed by atoms with E-state index >= 15 is 0 Å². The first kappa shape index (κ1) is 21.9. The quantitative estimate of drug-likeness (QED) is 0.366. The van der Waals surface area contributed by atoms with Gasteiger partial charge in [0.2, 0.25) is 0 Å². The molecule has 0 radical (unpaired) electrons. The van der Waals surface area contributed by atoms with Crippen LogP contribution in [0.5, 0.6) is 11.5 Å². The second-order valence-corrected chi connectivity index (χ2v) is 8.20. The van der Waals surface area contributed by atoms with E-state index < -0.39 is 11.8 Å². The van der Waals surface area contributed by atoms with Crippen LogP contribution in [-0.4, -0.2) is 18.9 Å². The van der Waals surface area contributed by atoms with Crippen molar-refractivity contribution in [2.45, 2.75) is 6.61 Å². The van der Waals surface area contributed by atoms with Gasteiger partial charge in [-0.2, -0.15) is 0 Å². The summed E-state index contributed by atoms with van der Waals surface area (Å²) in [6.07, 6.45) is 1.50. The Morgan fingerprint density at radius 1 is 1.06 bits per heavy atom. The van der Waals surface area contributed by atoms with E-state index in [2.05, 4.69) is 21.4 Å². The van der Waals surface area contributed by atoms with Crippen molar-refractivity contribution in [1.29, 1.82) is 0 Å². The van der Waals surface area contributed by atoms with E-state index in [-0.39, 0.29) is 12.2 Å². The molecule has 1 heterocycles. The van der Waals surface area contributed by atoms with Gasteiger partial charge < -0.3 is 9.47 Å². The molecule has 8 heteroatoms. The highest BCUT2D eigenvalue weighted by Crippen LogP contribution is 2.37. The van der Waals surface area contributed by atoms with Crippen LogP contribution in [0.2, 0.25) is 5.02 Å². The van der Waals surface area contributed by atoms with Crippen molar-refractivity contribution in [2.24, 2.45) is 0 Å². The third-order valence-corrected chi connectivity index (χ3v) is 5.63. The standard InChI is InChI=1S/C24H18BrClN2O4/c1-31-21-13-17(25)11-16(22(21)32-14-15-7-5-6-10-20(15)26)12-19-23(29)27-28(24(19)30)18-8-3-2-4-9-18/h2-13H,14H2,1H3,(H,27,29)/b19-12-. The highest BCUT2D eigenvalue weighted by atomic mass is 79.9. The third-order valence-electron chi connectivity index (χ3n) is 4.80. The van der Waals surface area contributed by atoms with E-state index in [1.165, 1.54) is 18.2 Å². The second-order valence-electron chi connectivity index (χ2n) is 6.88. The Hall–Kier alpha value is -3.29. The summed E-state index contributed by atoms with van der Waals surface area (Å²) in [5, 5.41) is 1.79. The van der Waals surface area contributed by atoms with E-state index in [0.717, 1.165) is 5.56 Å². The van der Waals surface area contributed by atoms with Crippen molar-refractivity contribution in [1.82, 2.24) is 5.43 Å². The van der Waals surface area contributed by atoms with Crippen molar-refractivity contribution in [3.05, 3.63) is 92.9 Å². The molecule has 1 saturated heterocycles. The van der Waals surface area contributed by atoms with Gasteiger partial charge in [-0.1, -0.05) is 63.9 Å². The van der Waals surface area contributed by atoms with E-state index in [1.807, 2.05) is 24.3 Å². The molecule has 1 aliphatic heterocycles. The Morgan fingerprint density at radius 3 is 2.50 bits per heavy atom. The first-order valence-corrected chi connectivity index (χ1v) is 10.8. The number of hydrogen-bond acceptors (Lipinski definition) is 4. The SMILES string of the molecule is COc1cc(Br)cc(/C=C2/C(=O)NN(c3ccccc3)C2=O)c1OCc1ccccc1Cl. The number of amides is 2. The molecule has 1 aliphatic rings. The van der Waals surface area contributed by atoms with Gasteiger partial charge in [-0.3, -0.25) is 15.0 Å². The lowest BCUT2D eigenvalue weighted by molar-refractivity contribution is -0.117. The molecular formula is C24H18BrClN2O4. The number of para-hydroxylation sites is 1. The predicted molar refractivity (Wildman–Crippen MR) is 127 cm³/mol. The molecule has 0 unspecified atom stereocenters. The van der Waals surface area contributed by atoms with E-state index in [4.69, 9.17) is 21.1 Å². The van der Waals surface area contributed by atoms with Crippen LogP contribution in [0, 0.1) is 0 Å². The summed E-state index contributed by atoms with van der Waals surface area (Å²) in [6.45, 7) is 0.185. The van der Waals surface area contributed by atoms with Crippen LogP contribution in [0.3, 0.4) is 0 Å². The molecule has 3 aromatic rings. The molecule has 0 aromatic heterocycles. The molecule has 1 fully saturated rings. The minimum Gasteiger partial charge on any atom is -0.493 e. The molecule has 3 aromatic carbocycles. The lowest BCUT2D eigenvalue weighted by atomic mass is 10.1. The Morgan fingerprint density at radius 2 is 1.78 bits per heavy atom. The maximum absolute atomic E-state index is 13.0. The zero-order valence-corrected chi connectivity index (χ0v) is 19.3. The topological polar surface area (TPSA) is 67.9 Å². The fraction of sp³-hybridized carbons (Fsp3) is 0.0833. The molecule has 2 amide bonds. The highest BCUT2D eigenvalue weighted by molar-refractivity contribution is 9.10. The molecule has 0 atom stereocenters. The molecule has 32 heavy (non-hydrogen) atoms. The third kappa shape index (κ3) is 4.49. The molecular weight excluding hydrogens is 496 g/mol. The number of hydrogen-bond donors (Lipinski definition) is 1. The Balaban J connectivity index is 1.70. The number of methoxy groups -OCH3 is 1. The molecule has 162 valence electrons.